The Balaban J connectivity index is 1.36. The van der Waals surface area contributed by atoms with E-state index >= 15 is 0 Å². The molecule has 28 heavy (non-hydrogen) atoms. The summed E-state index contributed by atoms with van der Waals surface area (Å²) in [7, 11) is 0. The molecule has 3 aromatic rings. The van der Waals surface area contributed by atoms with Crippen LogP contribution in [0.4, 0.5) is 17.3 Å². The SMILES string of the molecule is Cc1cccc(N2CCN(c3ccc(C(=O)Nc4cc(C)on4)nn3)CC2)c1. The second-order valence-electron chi connectivity index (χ2n) is 6.87. The number of rotatable bonds is 4. The fourth-order valence-electron chi connectivity index (χ4n) is 3.24. The van der Waals surface area contributed by atoms with Crippen molar-refractivity contribution in [3.63, 3.8) is 0 Å². The van der Waals surface area contributed by atoms with E-state index in [2.05, 4.69) is 61.7 Å². The Hall–Kier alpha value is -3.42. The largest absolute Gasteiger partial charge is 0.368 e. The molecule has 1 aliphatic heterocycles. The number of amides is 1. The second kappa shape index (κ2) is 7.67. The zero-order valence-electron chi connectivity index (χ0n) is 15.9. The van der Waals surface area contributed by atoms with E-state index in [4.69, 9.17) is 4.52 Å². The van der Waals surface area contributed by atoms with E-state index in [1.807, 2.05) is 6.07 Å². The lowest BCUT2D eigenvalue weighted by Gasteiger charge is -2.36. The van der Waals surface area contributed by atoms with Crippen molar-refractivity contribution in [3.8, 4) is 0 Å². The van der Waals surface area contributed by atoms with Crippen LogP contribution >= 0.6 is 0 Å². The molecule has 3 heterocycles. The van der Waals surface area contributed by atoms with Crippen molar-refractivity contribution in [2.75, 3.05) is 41.3 Å². The number of hydrogen-bond acceptors (Lipinski definition) is 7. The first-order chi connectivity index (χ1) is 13.6. The summed E-state index contributed by atoms with van der Waals surface area (Å²) in [5.74, 6) is 1.40. The summed E-state index contributed by atoms with van der Waals surface area (Å²) >= 11 is 0. The molecule has 0 atom stereocenters. The van der Waals surface area contributed by atoms with Crippen LogP contribution in [0, 0.1) is 13.8 Å². The van der Waals surface area contributed by atoms with Crippen molar-refractivity contribution >= 4 is 23.2 Å². The summed E-state index contributed by atoms with van der Waals surface area (Å²) in [5.41, 5.74) is 2.75. The van der Waals surface area contributed by atoms with Crippen LogP contribution in [-0.4, -0.2) is 47.4 Å². The highest BCUT2D eigenvalue weighted by Gasteiger charge is 2.19. The van der Waals surface area contributed by atoms with Gasteiger partial charge in [-0.05, 0) is 43.7 Å². The van der Waals surface area contributed by atoms with Crippen molar-refractivity contribution < 1.29 is 9.32 Å². The summed E-state index contributed by atoms with van der Waals surface area (Å²) in [6.07, 6.45) is 0. The Labute approximate surface area is 163 Å². The van der Waals surface area contributed by atoms with Gasteiger partial charge in [-0.3, -0.25) is 4.79 Å². The van der Waals surface area contributed by atoms with Crippen LogP contribution in [-0.2, 0) is 0 Å². The molecule has 4 rings (SSSR count). The first-order valence-electron chi connectivity index (χ1n) is 9.23. The quantitative estimate of drug-likeness (QED) is 0.747. The van der Waals surface area contributed by atoms with Crippen molar-refractivity contribution in [1.82, 2.24) is 15.4 Å². The average molecular weight is 378 g/mol. The van der Waals surface area contributed by atoms with E-state index in [1.54, 1.807) is 19.1 Å². The van der Waals surface area contributed by atoms with Gasteiger partial charge in [-0.25, -0.2) is 0 Å². The van der Waals surface area contributed by atoms with Crippen LogP contribution in [0.3, 0.4) is 0 Å². The zero-order chi connectivity index (χ0) is 19.5. The standard InChI is InChI=1S/C20H22N6O2/c1-14-4-3-5-16(12-14)25-8-10-26(11-9-25)19-7-6-17(22-23-19)20(27)21-18-13-15(2)28-24-18/h3-7,12-13H,8-11H2,1-2H3,(H,21,24,27). The normalized spacial score (nSPS) is 14.2. The summed E-state index contributed by atoms with van der Waals surface area (Å²) < 4.78 is 4.94. The number of nitrogens with zero attached hydrogens (tertiary/aromatic N) is 5. The summed E-state index contributed by atoms with van der Waals surface area (Å²) in [6.45, 7) is 7.41. The second-order valence-corrected chi connectivity index (χ2v) is 6.87. The number of carbonyl (C=O) groups excluding carboxylic acids is 1. The molecule has 1 saturated heterocycles. The molecule has 144 valence electrons. The molecule has 8 heteroatoms. The van der Waals surface area contributed by atoms with E-state index in [9.17, 15) is 4.79 Å². The van der Waals surface area contributed by atoms with E-state index < -0.39 is 0 Å². The number of hydrogen-bond donors (Lipinski definition) is 1. The first-order valence-corrected chi connectivity index (χ1v) is 9.23. The van der Waals surface area contributed by atoms with Crippen LogP contribution in [0.2, 0.25) is 0 Å². The molecule has 1 fully saturated rings. The number of anilines is 3. The summed E-state index contributed by atoms with van der Waals surface area (Å²) in [4.78, 5) is 16.8. The third-order valence-corrected chi connectivity index (χ3v) is 4.72. The smallest absolute Gasteiger partial charge is 0.277 e. The monoisotopic (exact) mass is 378 g/mol. The number of nitrogens with one attached hydrogen (secondary N) is 1. The van der Waals surface area contributed by atoms with Crippen LogP contribution < -0.4 is 15.1 Å². The van der Waals surface area contributed by atoms with Crippen molar-refractivity contribution in [1.29, 1.82) is 0 Å². The molecule has 0 unspecified atom stereocenters. The van der Waals surface area contributed by atoms with Gasteiger partial charge in [0.1, 0.15) is 5.76 Å². The maximum atomic E-state index is 12.2. The van der Waals surface area contributed by atoms with Gasteiger partial charge in [-0.2, -0.15) is 0 Å². The van der Waals surface area contributed by atoms with Gasteiger partial charge in [0, 0.05) is 37.9 Å². The third kappa shape index (κ3) is 3.95. The molecule has 1 aromatic carbocycles. The molecular formula is C20H22N6O2. The Bertz CT molecular complexity index is 961. The third-order valence-electron chi connectivity index (χ3n) is 4.72. The molecule has 1 N–H and O–H groups in total. The van der Waals surface area contributed by atoms with Gasteiger partial charge in [-0.1, -0.05) is 17.3 Å². The highest BCUT2D eigenvalue weighted by molar-refractivity contribution is 6.02. The minimum absolute atomic E-state index is 0.239. The molecule has 2 aromatic heterocycles. The van der Waals surface area contributed by atoms with Gasteiger partial charge in [0.05, 0.1) is 0 Å². The predicted molar refractivity (Wildman–Crippen MR) is 107 cm³/mol. The van der Waals surface area contributed by atoms with Gasteiger partial charge in [0.2, 0.25) is 0 Å². The van der Waals surface area contributed by atoms with Crippen LogP contribution in [0.1, 0.15) is 21.8 Å². The zero-order valence-corrected chi connectivity index (χ0v) is 15.9. The molecule has 1 amide bonds. The maximum Gasteiger partial charge on any atom is 0.277 e. The van der Waals surface area contributed by atoms with Crippen LogP contribution in [0.5, 0.6) is 0 Å². The van der Waals surface area contributed by atoms with Gasteiger partial charge >= 0.3 is 0 Å². The minimum atomic E-state index is -0.364. The fraction of sp³-hybridized carbons (Fsp3) is 0.300. The lowest BCUT2D eigenvalue weighted by atomic mass is 10.2. The number of aromatic nitrogens is 3. The topological polar surface area (TPSA) is 87.4 Å². The average Bonchev–Trinajstić information content (AvgIpc) is 3.13. The fourth-order valence-corrected chi connectivity index (χ4v) is 3.24. The minimum Gasteiger partial charge on any atom is -0.368 e. The summed E-state index contributed by atoms with van der Waals surface area (Å²) in [6, 6.07) is 13.7. The van der Waals surface area contributed by atoms with Gasteiger partial charge in [0.15, 0.2) is 17.3 Å². The molecule has 0 bridgehead atoms. The van der Waals surface area contributed by atoms with Crippen molar-refractivity contribution in [2.24, 2.45) is 0 Å². The number of carbonyl (C=O) groups is 1. The van der Waals surface area contributed by atoms with Gasteiger partial charge in [-0.15, -0.1) is 10.2 Å². The number of piperazine rings is 1. The summed E-state index contributed by atoms with van der Waals surface area (Å²) in [5, 5.41) is 14.7. The lowest BCUT2D eigenvalue weighted by Crippen LogP contribution is -2.47. The van der Waals surface area contributed by atoms with E-state index in [1.165, 1.54) is 11.3 Å². The lowest BCUT2D eigenvalue weighted by molar-refractivity contribution is 0.102. The van der Waals surface area contributed by atoms with Crippen LogP contribution in [0.25, 0.3) is 0 Å². The van der Waals surface area contributed by atoms with Crippen molar-refractivity contribution in [2.45, 2.75) is 13.8 Å². The molecule has 0 aliphatic carbocycles. The molecule has 0 spiro atoms. The Morgan fingerprint density at radius 3 is 2.43 bits per heavy atom. The Kier molecular flexibility index (Phi) is 4.92. The number of aryl methyl sites for hydroxylation is 2. The highest BCUT2D eigenvalue weighted by Crippen LogP contribution is 2.20. The first kappa shape index (κ1) is 18.0. The Morgan fingerprint density at radius 2 is 1.79 bits per heavy atom. The Morgan fingerprint density at radius 1 is 1.00 bits per heavy atom. The molecule has 0 saturated carbocycles. The highest BCUT2D eigenvalue weighted by atomic mass is 16.5. The predicted octanol–water partition coefficient (Wildman–Crippen LogP) is 2.66. The maximum absolute atomic E-state index is 12.2. The van der Waals surface area contributed by atoms with E-state index in [0.717, 1.165) is 32.0 Å². The van der Waals surface area contributed by atoms with Crippen molar-refractivity contribution in [3.05, 3.63) is 59.5 Å². The molecular weight excluding hydrogens is 356 g/mol. The van der Waals surface area contributed by atoms with Gasteiger partial charge in [0.25, 0.3) is 5.91 Å². The van der Waals surface area contributed by atoms with E-state index in [-0.39, 0.29) is 11.6 Å². The molecule has 0 radical (unpaired) electrons. The van der Waals surface area contributed by atoms with E-state index in [0.29, 0.717) is 11.6 Å². The molecule has 8 nitrogen and oxygen atoms in total. The van der Waals surface area contributed by atoms with Gasteiger partial charge < -0.3 is 19.6 Å². The molecule has 1 aliphatic rings. The van der Waals surface area contributed by atoms with Crippen LogP contribution in [0.15, 0.2) is 47.0 Å². The number of benzene rings is 1.